The summed E-state index contributed by atoms with van der Waals surface area (Å²) in [5.74, 6) is -4.49. The zero-order valence-corrected chi connectivity index (χ0v) is 43.0. The van der Waals surface area contributed by atoms with Crippen molar-refractivity contribution in [1.29, 1.82) is 0 Å². The van der Waals surface area contributed by atoms with Crippen molar-refractivity contribution >= 4 is 58.2 Å². The number of fused-ring (bicyclic) bond motifs is 5. The van der Waals surface area contributed by atoms with Gasteiger partial charge in [0.05, 0.1) is 62.3 Å². The van der Waals surface area contributed by atoms with Crippen LogP contribution in [0.5, 0.6) is 0 Å². The molecule has 2 aromatic heterocycles. The predicted octanol–water partition coefficient (Wildman–Crippen LogP) is 1.63. The molecule has 1 aliphatic carbocycles. The highest BCUT2D eigenvalue weighted by molar-refractivity contribution is 6.12. The highest BCUT2D eigenvalue weighted by Gasteiger charge is 2.44. The van der Waals surface area contributed by atoms with E-state index in [1.165, 1.54) is 18.2 Å². The van der Waals surface area contributed by atoms with Crippen molar-refractivity contribution in [1.82, 2.24) is 45.9 Å². The SMILES string of the molecule is CCCC1(O)COCc2c1cc1n(c2=O)Cc2c-1nc1cc(F)c(C)c3c1c2[C@@H](N1CCC(OCNC(=O)CNC(=O)[C@H](Cc2ccccc2)NC(=O)CNC(=O)CNC(=O)CCCCCN2C(=O)C=CC2=O)C1=O)CC3. The largest absolute Gasteiger partial charge is 0.383 e. The minimum atomic E-state index is -1.36. The number of hydrogen-bond donors (Lipinski definition) is 6. The highest BCUT2D eigenvalue weighted by atomic mass is 19.1. The zero-order valence-electron chi connectivity index (χ0n) is 43.0. The van der Waals surface area contributed by atoms with Crippen LogP contribution in [0.4, 0.5) is 4.39 Å². The van der Waals surface area contributed by atoms with E-state index in [1.54, 1.807) is 46.7 Å². The van der Waals surface area contributed by atoms with Crippen molar-refractivity contribution in [2.24, 2.45) is 0 Å². The minimum Gasteiger partial charge on any atom is -0.383 e. The highest BCUT2D eigenvalue weighted by Crippen LogP contribution is 2.48. The molecule has 77 heavy (non-hydrogen) atoms. The van der Waals surface area contributed by atoms with Crippen LogP contribution >= 0.6 is 0 Å². The zero-order chi connectivity index (χ0) is 54.5. The van der Waals surface area contributed by atoms with Crippen LogP contribution in [0.3, 0.4) is 0 Å². The number of nitrogens with zero attached hydrogens (tertiary/aromatic N) is 4. The smallest absolute Gasteiger partial charge is 0.257 e. The number of hydrogen-bond acceptors (Lipinski definition) is 13. The van der Waals surface area contributed by atoms with E-state index in [-0.39, 0.29) is 69.2 Å². The van der Waals surface area contributed by atoms with E-state index < -0.39 is 78.8 Å². The van der Waals surface area contributed by atoms with Gasteiger partial charge in [-0.25, -0.2) is 9.37 Å². The van der Waals surface area contributed by atoms with E-state index in [0.29, 0.717) is 97.1 Å². The molecular weight excluding hydrogens is 998 g/mol. The van der Waals surface area contributed by atoms with Gasteiger partial charge in [-0.05, 0) is 72.9 Å². The van der Waals surface area contributed by atoms with Gasteiger partial charge in [-0.2, -0.15) is 0 Å². The van der Waals surface area contributed by atoms with Gasteiger partial charge in [0, 0.05) is 67.1 Å². The second kappa shape index (κ2) is 23.3. The molecule has 2 unspecified atom stereocenters. The topological polar surface area (TPSA) is 277 Å². The van der Waals surface area contributed by atoms with E-state index in [9.17, 15) is 48.3 Å². The number of carbonyl (C=O) groups is 8. The molecular formula is C55H62FN9O12. The first-order valence-electron chi connectivity index (χ1n) is 26.1. The molecule has 22 heteroatoms. The van der Waals surface area contributed by atoms with Gasteiger partial charge >= 0.3 is 0 Å². The average Bonchev–Trinajstić information content (AvgIpc) is 4.16. The number of halogens is 1. The Hall–Kier alpha value is -7.69. The molecule has 1 fully saturated rings. The molecule has 4 atom stereocenters. The number of imide groups is 1. The number of amides is 8. The average molecular weight is 1060 g/mol. The van der Waals surface area contributed by atoms with Crippen molar-refractivity contribution in [3.63, 3.8) is 0 Å². The first-order chi connectivity index (χ1) is 37.0. The lowest BCUT2D eigenvalue weighted by Crippen LogP contribution is -2.52. The van der Waals surface area contributed by atoms with E-state index in [4.69, 9.17) is 14.5 Å². The Bertz CT molecular complexity index is 3130. The number of likely N-dealkylation sites (tertiary alicyclic amines) is 1. The number of rotatable bonds is 22. The van der Waals surface area contributed by atoms with Gasteiger partial charge < -0.3 is 50.6 Å². The fourth-order valence-corrected chi connectivity index (χ4v) is 11.1. The van der Waals surface area contributed by atoms with Crippen molar-refractivity contribution in [2.45, 2.75) is 115 Å². The molecule has 5 aliphatic rings. The number of pyridine rings is 2. The van der Waals surface area contributed by atoms with Crippen molar-refractivity contribution < 1.29 is 57.3 Å². The van der Waals surface area contributed by atoms with Crippen LogP contribution in [0.15, 0.2) is 59.4 Å². The summed E-state index contributed by atoms with van der Waals surface area (Å²) < 4.78 is 28.8. The normalized spacial score (nSPS) is 19.5. The quantitative estimate of drug-likeness (QED) is 0.0327. The van der Waals surface area contributed by atoms with Crippen LogP contribution in [0, 0.1) is 12.7 Å². The Labute approximate surface area is 442 Å². The third-order valence-corrected chi connectivity index (χ3v) is 15.0. The summed E-state index contributed by atoms with van der Waals surface area (Å²) in [6.07, 6.45) is 5.54. The number of benzene rings is 2. The number of aromatic nitrogens is 2. The van der Waals surface area contributed by atoms with Crippen molar-refractivity contribution in [3.05, 3.63) is 110 Å². The van der Waals surface area contributed by atoms with Gasteiger partial charge in [-0.15, -0.1) is 0 Å². The molecule has 0 spiro atoms. The Morgan fingerprint density at radius 1 is 0.883 bits per heavy atom. The van der Waals surface area contributed by atoms with Gasteiger partial charge in [-0.1, -0.05) is 50.1 Å². The second-order valence-corrected chi connectivity index (χ2v) is 20.1. The third kappa shape index (κ3) is 11.5. The lowest BCUT2D eigenvalue weighted by molar-refractivity contribution is -0.141. The third-order valence-electron chi connectivity index (χ3n) is 15.0. The molecule has 0 radical (unpaired) electrons. The summed E-state index contributed by atoms with van der Waals surface area (Å²) in [6.45, 7) is 2.76. The first kappa shape index (κ1) is 54.1. The first-order valence-corrected chi connectivity index (χ1v) is 26.1. The number of ether oxygens (including phenoxy) is 2. The van der Waals surface area contributed by atoms with Gasteiger partial charge in [-0.3, -0.25) is 48.1 Å². The molecule has 4 aromatic rings. The maximum Gasteiger partial charge on any atom is 0.257 e. The monoisotopic (exact) mass is 1060 g/mol. The van der Waals surface area contributed by atoms with Crippen LogP contribution in [0.1, 0.15) is 103 Å². The molecule has 406 valence electrons. The standard InChI is InChI=1S/C55H62FN9O12/c1-3-18-55(75)29-76-28-35-36(55)22-41-51-34(27-65(41)53(35)73)50-40(14-13-33-31(2)37(56)23-38(62-51)49(33)50)63-20-17-42(54(63)74)77-30-60-45(68)25-59-52(72)39(21-32-10-6-4-7-11-32)61-46(69)26-58-44(67)24-57-43(66)12-8-5-9-19-64-47(70)15-16-48(64)71/h4,6-7,10-11,15-16,22-23,39-40,42,75H,3,5,8-9,12-14,17-21,24-30H2,1-2H3,(H,57,66)(H,58,67)(H,59,72)(H,60,68)(H,61,69)/t39-,40-,42?,55?/m0/s1. The van der Waals surface area contributed by atoms with Gasteiger partial charge in [0.15, 0.2) is 0 Å². The molecule has 1 saturated heterocycles. The summed E-state index contributed by atoms with van der Waals surface area (Å²) in [7, 11) is 0. The lowest BCUT2D eigenvalue weighted by Gasteiger charge is -2.35. The molecule has 6 heterocycles. The lowest BCUT2D eigenvalue weighted by atomic mass is 9.81. The molecule has 2 aromatic carbocycles. The van der Waals surface area contributed by atoms with E-state index >= 15 is 4.39 Å². The van der Waals surface area contributed by atoms with E-state index in [2.05, 4.69) is 26.6 Å². The number of unbranched alkanes of at least 4 members (excludes halogenated alkanes) is 2. The molecule has 0 saturated carbocycles. The summed E-state index contributed by atoms with van der Waals surface area (Å²) in [6, 6.07) is 10.4. The molecule has 9 rings (SSSR count). The van der Waals surface area contributed by atoms with Crippen LogP contribution in [0.25, 0.3) is 22.3 Å². The Morgan fingerprint density at radius 3 is 2.38 bits per heavy atom. The number of carbonyl (C=O) groups excluding carboxylic acids is 8. The van der Waals surface area contributed by atoms with Crippen LogP contribution in [-0.2, 0) is 79.4 Å². The number of aryl methyl sites for hydroxylation is 1. The van der Waals surface area contributed by atoms with Gasteiger partial charge in [0.25, 0.3) is 23.3 Å². The summed E-state index contributed by atoms with van der Waals surface area (Å²) in [4.78, 5) is 124. The second-order valence-electron chi connectivity index (χ2n) is 20.1. The number of aliphatic hydroxyl groups is 1. The number of nitrogens with one attached hydrogen (secondary N) is 5. The molecule has 8 amide bonds. The Morgan fingerprint density at radius 2 is 1.61 bits per heavy atom. The Balaban J connectivity index is 0.768. The van der Waals surface area contributed by atoms with Crippen LogP contribution < -0.4 is 32.1 Å². The molecule has 4 aliphatic heterocycles. The maximum atomic E-state index is 15.5. The molecule has 6 N–H and O–H groups in total. The summed E-state index contributed by atoms with van der Waals surface area (Å²) in [5.41, 5.74) is 4.22. The predicted molar refractivity (Wildman–Crippen MR) is 274 cm³/mol. The van der Waals surface area contributed by atoms with Gasteiger partial charge in [0.1, 0.15) is 30.3 Å². The maximum absolute atomic E-state index is 15.5. The molecule has 0 bridgehead atoms. The van der Waals surface area contributed by atoms with Crippen molar-refractivity contribution in [2.75, 3.05) is 46.1 Å². The molecule has 21 nitrogen and oxygen atoms in total. The minimum absolute atomic E-state index is 0.0481. The van der Waals surface area contributed by atoms with Crippen molar-refractivity contribution in [3.8, 4) is 11.4 Å². The van der Waals surface area contributed by atoms with Crippen LogP contribution in [-0.4, -0.2) is 130 Å². The van der Waals surface area contributed by atoms with E-state index in [1.807, 2.05) is 13.0 Å². The summed E-state index contributed by atoms with van der Waals surface area (Å²) in [5, 5.41) is 25.1. The van der Waals surface area contributed by atoms with E-state index in [0.717, 1.165) is 27.0 Å². The Kier molecular flexibility index (Phi) is 16.4. The fraction of sp³-hybridized carbons (Fsp3) is 0.455. The van der Waals surface area contributed by atoms with Crippen LogP contribution in [0.2, 0.25) is 0 Å². The fourth-order valence-electron chi connectivity index (χ4n) is 11.1. The van der Waals surface area contributed by atoms with Gasteiger partial charge in [0.2, 0.25) is 29.5 Å². The summed E-state index contributed by atoms with van der Waals surface area (Å²) >= 11 is 0.